The van der Waals surface area contributed by atoms with Gasteiger partial charge in [0.05, 0.1) is 0 Å². The number of aromatic amines is 1. The van der Waals surface area contributed by atoms with Crippen LogP contribution >= 0.6 is 0 Å². The molecule has 0 saturated heterocycles. The highest BCUT2D eigenvalue weighted by molar-refractivity contribution is 5.99. The first-order valence-electron chi connectivity index (χ1n) is 8.77. The number of hydrogen-bond acceptors (Lipinski definition) is 1. The molecule has 0 spiro atoms. The lowest BCUT2D eigenvalue weighted by atomic mass is 9.87. The van der Waals surface area contributed by atoms with E-state index < -0.39 is 0 Å². The average molecular weight is 336 g/mol. The van der Waals surface area contributed by atoms with E-state index in [-0.39, 0.29) is 18.3 Å². The lowest BCUT2D eigenvalue weighted by Gasteiger charge is -2.18. The molecule has 1 heterocycles. The Labute approximate surface area is 146 Å². The molecule has 1 aromatic heterocycles. The second-order valence-electron chi connectivity index (χ2n) is 6.96. The van der Waals surface area contributed by atoms with Crippen LogP contribution in [0.5, 0.6) is 0 Å². The molecule has 0 aliphatic heterocycles. The number of benzene rings is 2. The standard InChI is InChI=1S/C21H21FN2O/c1-13-6-8-19-16(10-13)17-11-14(7-9-20(17)24-19)21(25)23-12-15-4-2-3-5-18(15)22/h2-5,7,9,11,13,24H,6,8,10,12H2,1H3,(H,23,25). The van der Waals surface area contributed by atoms with E-state index >= 15 is 0 Å². The van der Waals surface area contributed by atoms with Gasteiger partial charge in [0.2, 0.25) is 0 Å². The number of H-pyrrole nitrogens is 1. The van der Waals surface area contributed by atoms with Crippen LogP contribution in [0.3, 0.4) is 0 Å². The number of hydrogen-bond donors (Lipinski definition) is 2. The van der Waals surface area contributed by atoms with E-state index in [2.05, 4.69) is 17.2 Å². The SMILES string of the molecule is CC1CCc2[nH]c3ccc(C(=O)NCc4ccccc4F)cc3c2C1. The third-order valence-corrected chi connectivity index (χ3v) is 5.09. The summed E-state index contributed by atoms with van der Waals surface area (Å²) in [6, 6.07) is 12.2. The van der Waals surface area contributed by atoms with E-state index in [1.807, 2.05) is 18.2 Å². The fourth-order valence-electron chi connectivity index (χ4n) is 3.65. The van der Waals surface area contributed by atoms with Crippen molar-refractivity contribution >= 4 is 16.8 Å². The summed E-state index contributed by atoms with van der Waals surface area (Å²) in [7, 11) is 0. The monoisotopic (exact) mass is 336 g/mol. The van der Waals surface area contributed by atoms with Crippen LogP contribution in [0.25, 0.3) is 10.9 Å². The number of amides is 1. The number of nitrogens with one attached hydrogen (secondary N) is 2. The highest BCUT2D eigenvalue weighted by Gasteiger charge is 2.20. The van der Waals surface area contributed by atoms with Crippen molar-refractivity contribution in [3.8, 4) is 0 Å². The lowest BCUT2D eigenvalue weighted by Crippen LogP contribution is -2.23. The van der Waals surface area contributed by atoms with Gasteiger partial charge in [0, 0.05) is 34.3 Å². The molecule has 4 heteroatoms. The third-order valence-electron chi connectivity index (χ3n) is 5.09. The van der Waals surface area contributed by atoms with Crippen LogP contribution in [-0.4, -0.2) is 10.9 Å². The van der Waals surface area contributed by atoms with Gasteiger partial charge in [0.15, 0.2) is 0 Å². The van der Waals surface area contributed by atoms with E-state index in [0.717, 1.165) is 23.7 Å². The molecule has 0 radical (unpaired) electrons. The number of aryl methyl sites for hydroxylation is 1. The summed E-state index contributed by atoms with van der Waals surface area (Å²) < 4.78 is 13.7. The van der Waals surface area contributed by atoms with Gasteiger partial charge in [-0.05, 0) is 55.0 Å². The summed E-state index contributed by atoms with van der Waals surface area (Å²) in [6.45, 7) is 2.46. The zero-order chi connectivity index (χ0) is 17.4. The summed E-state index contributed by atoms with van der Waals surface area (Å²) in [6.07, 6.45) is 3.32. The molecule has 128 valence electrons. The zero-order valence-electron chi connectivity index (χ0n) is 14.2. The van der Waals surface area contributed by atoms with Crippen molar-refractivity contribution in [2.24, 2.45) is 5.92 Å². The predicted octanol–water partition coefficient (Wildman–Crippen LogP) is 4.36. The van der Waals surface area contributed by atoms with Crippen LogP contribution in [-0.2, 0) is 19.4 Å². The van der Waals surface area contributed by atoms with E-state index in [1.165, 1.54) is 23.7 Å². The molecule has 1 amide bonds. The minimum absolute atomic E-state index is 0.177. The van der Waals surface area contributed by atoms with Crippen molar-refractivity contribution in [1.29, 1.82) is 0 Å². The van der Waals surface area contributed by atoms with E-state index in [4.69, 9.17) is 0 Å². The quantitative estimate of drug-likeness (QED) is 0.733. The first-order chi connectivity index (χ1) is 12.1. The Balaban J connectivity index is 1.58. The second kappa shape index (κ2) is 6.36. The van der Waals surface area contributed by atoms with Crippen LogP contribution in [0, 0.1) is 11.7 Å². The van der Waals surface area contributed by atoms with Crippen LogP contribution in [0.15, 0.2) is 42.5 Å². The molecule has 1 aliphatic rings. The van der Waals surface area contributed by atoms with Gasteiger partial charge in [-0.25, -0.2) is 4.39 Å². The third kappa shape index (κ3) is 3.04. The Morgan fingerprint density at radius 3 is 2.96 bits per heavy atom. The Morgan fingerprint density at radius 1 is 1.28 bits per heavy atom. The molecule has 3 nitrogen and oxygen atoms in total. The average Bonchev–Trinajstić information content (AvgIpc) is 2.98. The number of carbonyl (C=O) groups excluding carboxylic acids is 1. The molecule has 25 heavy (non-hydrogen) atoms. The van der Waals surface area contributed by atoms with Crippen LogP contribution in [0.1, 0.15) is 40.5 Å². The van der Waals surface area contributed by atoms with Gasteiger partial charge in [0.1, 0.15) is 5.82 Å². The molecule has 0 saturated carbocycles. The van der Waals surface area contributed by atoms with E-state index in [0.29, 0.717) is 17.0 Å². The van der Waals surface area contributed by atoms with E-state index in [9.17, 15) is 9.18 Å². The largest absolute Gasteiger partial charge is 0.358 e. The van der Waals surface area contributed by atoms with Gasteiger partial charge in [-0.15, -0.1) is 0 Å². The molecule has 0 fully saturated rings. The van der Waals surface area contributed by atoms with Crippen LogP contribution < -0.4 is 5.32 Å². The number of fused-ring (bicyclic) bond motifs is 3. The molecule has 2 N–H and O–H groups in total. The molecule has 3 aromatic rings. The summed E-state index contributed by atoms with van der Waals surface area (Å²) in [5, 5.41) is 3.95. The Hall–Kier alpha value is -2.62. The molecule has 0 bridgehead atoms. The van der Waals surface area contributed by atoms with Crippen molar-refractivity contribution in [2.75, 3.05) is 0 Å². The van der Waals surface area contributed by atoms with Gasteiger partial charge in [0.25, 0.3) is 5.91 Å². The van der Waals surface area contributed by atoms with Crippen molar-refractivity contribution in [1.82, 2.24) is 10.3 Å². The Morgan fingerprint density at radius 2 is 2.12 bits per heavy atom. The normalized spacial score (nSPS) is 16.6. The summed E-state index contributed by atoms with van der Waals surface area (Å²) >= 11 is 0. The zero-order valence-corrected chi connectivity index (χ0v) is 14.2. The molecular formula is C21H21FN2O. The minimum atomic E-state index is -0.299. The first kappa shape index (κ1) is 15.9. The number of rotatable bonds is 3. The topological polar surface area (TPSA) is 44.9 Å². The van der Waals surface area contributed by atoms with Gasteiger partial charge in [-0.1, -0.05) is 25.1 Å². The maximum absolute atomic E-state index is 13.7. The van der Waals surface area contributed by atoms with Gasteiger partial charge >= 0.3 is 0 Å². The lowest BCUT2D eigenvalue weighted by molar-refractivity contribution is 0.0950. The number of carbonyl (C=O) groups is 1. The predicted molar refractivity (Wildman–Crippen MR) is 97.1 cm³/mol. The highest BCUT2D eigenvalue weighted by Crippen LogP contribution is 2.32. The van der Waals surface area contributed by atoms with Crippen molar-refractivity contribution in [3.63, 3.8) is 0 Å². The highest BCUT2D eigenvalue weighted by atomic mass is 19.1. The molecule has 2 aromatic carbocycles. The van der Waals surface area contributed by atoms with Crippen molar-refractivity contribution in [2.45, 2.75) is 32.7 Å². The number of halogens is 1. The maximum atomic E-state index is 13.7. The van der Waals surface area contributed by atoms with Crippen LogP contribution in [0.4, 0.5) is 4.39 Å². The van der Waals surface area contributed by atoms with Crippen LogP contribution in [0.2, 0.25) is 0 Å². The van der Waals surface area contributed by atoms with E-state index in [1.54, 1.807) is 18.2 Å². The smallest absolute Gasteiger partial charge is 0.251 e. The summed E-state index contributed by atoms with van der Waals surface area (Å²) in [5.74, 6) is 0.195. The molecule has 1 atom stereocenters. The Bertz CT molecular complexity index is 944. The van der Waals surface area contributed by atoms with Gasteiger partial charge in [-0.3, -0.25) is 4.79 Å². The minimum Gasteiger partial charge on any atom is -0.358 e. The summed E-state index contributed by atoms with van der Waals surface area (Å²) in [5.41, 5.74) is 4.84. The van der Waals surface area contributed by atoms with Gasteiger partial charge < -0.3 is 10.3 Å². The summed E-state index contributed by atoms with van der Waals surface area (Å²) in [4.78, 5) is 16.0. The first-order valence-corrected chi connectivity index (χ1v) is 8.77. The molecule has 1 aliphatic carbocycles. The fraction of sp³-hybridized carbons (Fsp3) is 0.286. The van der Waals surface area contributed by atoms with Gasteiger partial charge in [-0.2, -0.15) is 0 Å². The maximum Gasteiger partial charge on any atom is 0.251 e. The fourth-order valence-corrected chi connectivity index (χ4v) is 3.65. The number of aromatic nitrogens is 1. The Kier molecular flexibility index (Phi) is 4.04. The molecule has 1 unspecified atom stereocenters. The van der Waals surface area contributed by atoms with Crippen molar-refractivity contribution in [3.05, 3.63) is 70.7 Å². The molecular weight excluding hydrogens is 315 g/mol. The van der Waals surface area contributed by atoms with Crippen molar-refractivity contribution < 1.29 is 9.18 Å². The second-order valence-corrected chi connectivity index (χ2v) is 6.96. The molecule has 4 rings (SSSR count).